The van der Waals surface area contributed by atoms with Crippen molar-refractivity contribution in [2.24, 2.45) is 0 Å². The zero-order valence-corrected chi connectivity index (χ0v) is 19.9. The normalized spacial score (nSPS) is 13.4. The molecule has 1 amide bonds. The minimum Gasteiger partial charge on any atom is -0.475 e. The second kappa shape index (κ2) is 10.8. The number of nitrogens with zero attached hydrogens (tertiary/aromatic N) is 2. The fourth-order valence-electron chi connectivity index (χ4n) is 3.73. The maximum absolute atomic E-state index is 12.8. The van der Waals surface area contributed by atoms with Crippen molar-refractivity contribution in [3.05, 3.63) is 82.0 Å². The highest BCUT2D eigenvalue weighted by atomic mass is 35.5. The molecule has 3 aromatic rings. The number of carboxylic acids is 1. The Morgan fingerprint density at radius 3 is 2.11 bits per heavy atom. The van der Waals surface area contributed by atoms with Crippen molar-refractivity contribution in [2.75, 3.05) is 4.90 Å². The van der Waals surface area contributed by atoms with Crippen LogP contribution in [0.5, 0.6) is 0 Å². The molecule has 4 rings (SSSR count). The maximum atomic E-state index is 12.8. The lowest BCUT2D eigenvalue weighted by atomic mass is 9.93. The highest BCUT2D eigenvalue weighted by Crippen LogP contribution is 2.33. The lowest BCUT2D eigenvalue weighted by Crippen LogP contribution is -2.30. The predicted octanol–water partition coefficient (Wildman–Crippen LogP) is 6.71. The summed E-state index contributed by atoms with van der Waals surface area (Å²) in [6.45, 7) is 1.88. The number of aromatic nitrogens is 1. The van der Waals surface area contributed by atoms with Gasteiger partial charge in [0.2, 0.25) is 5.91 Å². The molecule has 12 heteroatoms. The molecule has 1 aliphatic heterocycles. The summed E-state index contributed by atoms with van der Waals surface area (Å²) in [5, 5.41) is 7.75. The minimum atomic E-state index is -5.08. The number of halogens is 7. The number of hydrogen-bond donors (Lipinski definition) is 1. The number of carbonyl (C=O) groups excluding carboxylic acids is 1. The van der Waals surface area contributed by atoms with Crippen LogP contribution in [-0.4, -0.2) is 28.1 Å². The molecular formula is C25H19ClF6N2O3. The van der Waals surface area contributed by atoms with Gasteiger partial charge >= 0.3 is 18.3 Å². The van der Waals surface area contributed by atoms with Gasteiger partial charge in [-0.3, -0.25) is 9.78 Å². The van der Waals surface area contributed by atoms with Gasteiger partial charge in [-0.15, -0.1) is 0 Å². The molecule has 5 nitrogen and oxygen atoms in total. The van der Waals surface area contributed by atoms with Crippen molar-refractivity contribution < 1.29 is 41.0 Å². The van der Waals surface area contributed by atoms with Crippen LogP contribution in [0.1, 0.15) is 29.2 Å². The van der Waals surface area contributed by atoms with Crippen molar-refractivity contribution >= 4 is 29.2 Å². The third-order valence-corrected chi connectivity index (χ3v) is 5.78. The van der Waals surface area contributed by atoms with Crippen LogP contribution in [0.4, 0.5) is 32.0 Å². The van der Waals surface area contributed by atoms with E-state index in [9.17, 15) is 31.1 Å². The highest BCUT2D eigenvalue weighted by Gasteiger charge is 2.38. The summed E-state index contributed by atoms with van der Waals surface area (Å²) in [6, 6.07) is 13.6. The van der Waals surface area contributed by atoms with E-state index in [1.807, 2.05) is 30.3 Å². The molecule has 37 heavy (non-hydrogen) atoms. The topological polar surface area (TPSA) is 70.5 Å². The van der Waals surface area contributed by atoms with E-state index in [-0.39, 0.29) is 5.91 Å². The fourth-order valence-corrected chi connectivity index (χ4v) is 3.93. The van der Waals surface area contributed by atoms with Gasteiger partial charge in [-0.1, -0.05) is 23.7 Å². The molecule has 0 saturated carbocycles. The van der Waals surface area contributed by atoms with Gasteiger partial charge in [0.25, 0.3) is 0 Å². The molecule has 0 saturated heterocycles. The number of aliphatic carboxylic acids is 1. The number of fused-ring (bicyclic) bond motifs is 2. The molecule has 0 fully saturated rings. The second-order valence-electron chi connectivity index (χ2n) is 8.09. The van der Waals surface area contributed by atoms with Gasteiger partial charge in [-0.25, -0.2) is 4.79 Å². The summed E-state index contributed by atoms with van der Waals surface area (Å²) < 4.78 is 70.2. The SMILES string of the molecule is CC(=O)N1Cc2cc(-c3ccc(C(F)(F)F)cn3)ccc2CCc2cc(Cl)ccc21.O=C(O)C(F)(F)F. The number of carbonyl (C=O) groups is 2. The highest BCUT2D eigenvalue weighted by molar-refractivity contribution is 6.30. The lowest BCUT2D eigenvalue weighted by molar-refractivity contribution is -0.192. The van der Waals surface area contributed by atoms with Crippen molar-refractivity contribution in [3.8, 4) is 11.3 Å². The van der Waals surface area contributed by atoms with Gasteiger partial charge in [0.1, 0.15) is 0 Å². The molecule has 2 aromatic carbocycles. The first-order valence-electron chi connectivity index (χ1n) is 10.7. The molecule has 196 valence electrons. The summed E-state index contributed by atoms with van der Waals surface area (Å²) in [5.74, 6) is -2.85. The molecule has 0 unspecified atom stereocenters. The van der Waals surface area contributed by atoms with E-state index in [2.05, 4.69) is 4.98 Å². The first-order chi connectivity index (χ1) is 17.2. The Balaban J connectivity index is 0.000000479. The largest absolute Gasteiger partial charge is 0.490 e. The number of aryl methyl sites for hydroxylation is 2. The number of rotatable bonds is 1. The lowest BCUT2D eigenvalue weighted by Gasteiger charge is -2.28. The maximum Gasteiger partial charge on any atom is 0.490 e. The van der Waals surface area contributed by atoms with Crippen LogP contribution in [-0.2, 0) is 35.2 Å². The molecule has 0 aliphatic carbocycles. The Hall–Kier alpha value is -3.60. The van der Waals surface area contributed by atoms with Crippen LogP contribution in [0.3, 0.4) is 0 Å². The zero-order valence-electron chi connectivity index (χ0n) is 19.1. The van der Waals surface area contributed by atoms with Gasteiger partial charge < -0.3 is 10.0 Å². The van der Waals surface area contributed by atoms with Crippen LogP contribution in [0.15, 0.2) is 54.7 Å². The minimum absolute atomic E-state index is 0.0931. The Morgan fingerprint density at radius 2 is 1.57 bits per heavy atom. The van der Waals surface area contributed by atoms with Gasteiger partial charge in [0.15, 0.2) is 0 Å². The van der Waals surface area contributed by atoms with Crippen LogP contribution in [0.2, 0.25) is 5.02 Å². The van der Waals surface area contributed by atoms with Crippen LogP contribution < -0.4 is 4.90 Å². The number of anilines is 1. The van der Waals surface area contributed by atoms with E-state index in [0.717, 1.165) is 47.5 Å². The number of amides is 1. The number of carboxylic acid groups (broad SMARTS) is 1. The number of pyridine rings is 1. The van der Waals surface area contributed by atoms with Crippen molar-refractivity contribution in [1.82, 2.24) is 4.98 Å². The van der Waals surface area contributed by atoms with Crippen molar-refractivity contribution in [2.45, 2.75) is 38.7 Å². The van der Waals surface area contributed by atoms with Crippen molar-refractivity contribution in [3.63, 3.8) is 0 Å². The van der Waals surface area contributed by atoms with Crippen molar-refractivity contribution in [1.29, 1.82) is 0 Å². The zero-order chi connectivity index (χ0) is 27.5. The average molecular weight is 545 g/mol. The molecule has 1 aliphatic rings. The first-order valence-corrected chi connectivity index (χ1v) is 11.1. The summed E-state index contributed by atoms with van der Waals surface area (Å²) in [6.07, 6.45) is -7.16. The Morgan fingerprint density at radius 1 is 0.919 bits per heavy atom. The molecular weight excluding hydrogens is 526 g/mol. The molecule has 0 bridgehead atoms. The molecule has 1 aromatic heterocycles. The molecule has 0 atom stereocenters. The predicted molar refractivity (Wildman–Crippen MR) is 124 cm³/mol. The van der Waals surface area contributed by atoms with E-state index < -0.39 is 23.9 Å². The van der Waals surface area contributed by atoms with E-state index in [1.165, 1.54) is 13.0 Å². The fraction of sp³-hybridized carbons (Fsp3) is 0.240. The third kappa shape index (κ3) is 7.00. The van der Waals surface area contributed by atoms with Gasteiger partial charge in [0, 0.05) is 29.4 Å². The smallest absolute Gasteiger partial charge is 0.475 e. The van der Waals surface area contributed by atoms with Crippen LogP contribution in [0.25, 0.3) is 11.3 Å². The average Bonchev–Trinajstić information content (AvgIpc) is 2.80. The second-order valence-corrected chi connectivity index (χ2v) is 8.53. The van der Waals surface area contributed by atoms with Crippen LogP contribution in [0, 0.1) is 0 Å². The molecule has 1 N–H and O–H groups in total. The first kappa shape index (κ1) is 28.0. The quantitative estimate of drug-likeness (QED) is 0.346. The third-order valence-electron chi connectivity index (χ3n) is 5.54. The van der Waals surface area contributed by atoms with E-state index in [1.54, 1.807) is 11.0 Å². The van der Waals surface area contributed by atoms with E-state index in [0.29, 0.717) is 22.8 Å². The summed E-state index contributed by atoms with van der Waals surface area (Å²) >= 11 is 6.15. The number of benzene rings is 2. The summed E-state index contributed by atoms with van der Waals surface area (Å²) in [5.41, 5.74) is 4.26. The Kier molecular flexibility index (Phi) is 8.16. The monoisotopic (exact) mass is 544 g/mol. The standard InChI is InChI=1S/C23H18ClF3N2O.C2HF3O2/c1-14(30)29-13-18-10-16(21-8-6-19(12-28-21)23(25,26)27)4-2-15(18)3-5-17-11-20(24)7-9-22(17)29;3-2(4,5)1(6)7/h2,4,6-12H,3,5,13H2,1H3;(H,6,7). The van der Waals surface area contributed by atoms with E-state index in [4.69, 9.17) is 21.5 Å². The van der Waals surface area contributed by atoms with E-state index >= 15 is 0 Å². The molecule has 0 spiro atoms. The summed E-state index contributed by atoms with van der Waals surface area (Å²) in [4.78, 5) is 27.0. The summed E-state index contributed by atoms with van der Waals surface area (Å²) in [7, 11) is 0. The molecule has 0 radical (unpaired) electrons. The molecule has 2 heterocycles. The number of alkyl halides is 6. The van der Waals surface area contributed by atoms with Gasteiger partial charge in [-0.05, 0) is 65.9 Å². The number of hydrogen-bond acceptors (Lipinski definition) is 3. The van der Waals surface area contributed by atoms with Gasteiger partial charge in [0.05, 0.1) is 17.8 Å². The van der Waals surface area contributed by atoms with Gasteiger partial charge in [-0.2, -0.15) is 26.3 Å². The Bertz CT molecular complexity index is 1310. The Labute approximate surface area is 212 Å². The van der Waals surface area contributed by atoms with Crippen LogP contribution >= 0.6 is 11.6 Å².